The summed E-state index contributed by atoms with van der Waals surface area (Å²) in [6.07, 6.45) is 0.472. The third-order valence-corrected chi connectivity index (χ3v) is 2.44. The summed E-state index contributed by atoms with van der Waals surface area (Å²) in [5.41, 5.74) is 5.36. The Hall–Kier alpha value is -1.75. The van der Waals surface area contributed by atoms with Crippen LogP contribution in [0.5, 0.6) is 0 Å². The van der Waals surface area contributed by atoms with Gasteiger partial charge in [0.2, 0.25) is 0 Å². The van der Waals surface area contributed by atoms with Crippen molar-refractivity contribution >= 4 is 0 Å². The molecular weight excluding hydrogens is 243 g/mol. The van der Waals surface area contributed by atoms with E-state index in [1.54, 1.807) is 13.0 Å². The van der Waals surface area contributed by atoms with Crippen LogP contribution in [0.15, 0.2) is 28.7 Å². The van der Waals surface area contributed by atoms with Crippen LogP contribution in [0.1, 0.15) is 12.7 Å². The smallest absolute Gasteiger partial charge is 0.169 e. The molecule has 2 N–H and O–H groups in total. The molecule has 1 unspecified atom stereocenters. The van der Waals surface area contributed by atoms with Gasteiger partial charge in [0.25, 0.3) is 0 Å². The summed E-state index contributed by atoms with van der Waals surface area (Å²) >= 11 is 0. The van der Waals surface area contributed by atoms with Gasteiger partial charge in [-0.3, -0.25) is 0 Å². The second-order valence-corrected chi connectivity index (χ2v) is 4.20. The molecule has 0 saturated heterocycles. The van der Waals surface area contributed by atoms with E-state index in [9.17, 15) is 13.2 Å². The first-order valence-corrected chi connectivity index (χ1v) is 5.46. The molecule has 1 aromatic heterocycles. The van der Waals surface area contributed by atoms with Gasteiger partial charge < -0.3 is 10.2 Å². The first-order chi connectivity index (χ1) is 8.47. The molecular formula is C13H12F3NO. The van der Waals surface area contributed by atoms with Gasteiger partial charge in [0.1, 0.15) is 17.3 Å². The van der Waals surface area contributed by atoms with Crippen LogP contribution in [0.2, 0.25) is 0 Å². The lowest BCUT2D eigenvalue weighted by molar-refractivity contribution is 0.479. The average Bonchev–Trinajstić information content (AvgIpc) is 2.70. The lowest BCUT2D eigenvalue weighted by Gasteiger charge is -2.03. The molecule has 0 aliphatic rings. The predicted molar refractivity (Wildman–Crippen MR) is 61.4 cm³/mol. The molecule has 96 valence electrons. The van der Waals surface area contributed by atoms with Gasteiger partial charge in [-0.2, -0.15) is 0 Å². The van der Waals surface area contributed by atoms with Gasteiger partial charge >= 0.3 is 0 Å². The van der Waals surface area contributed by atoms with Crippen molar-refractivity contribution in [2.45, 2.75) is 19.4 Å². The summed E-state index contributed by atoms with van der Waals surface area (Å²) in [7, 11) is 0. The molecule has 0 radical (unpaired) electrons. The number of hydrogen-bond donors (Lipinski definition) is 1. The first kappa shape index (κ1) is 12.7. The van der Waals surface area contributed by atoms with Crippen LogP contribution >= 0.6 is 0 Å². The summed E-state index contributed by atoms with van der Waals surface area (Å²) in [6, 6.07) is 4.35. The number of hydrogen-bond acceptors (Lipinski definition) is 2. The fraction of sp³-hybridized carbons (Fsp3) is 0.231. The zero-order valence-corrected chi connectivity index (χ0v) is 9.71. The van der Waals surface area contributed by atoms with Gasteiger partial charge in [-0.15, -0.1) is 0 Å². The molecule has 0 aliphatic heterocycles. The summed E-state index contributed by atoms with van der Waals surface area (Å²) in [5.74, 6) is -2.59. The topological polar surface area (TPSA) is 39.2 Å². The van der Waals surface area contributed by atoms with Crippen LogP contribution in [-0.2, 0) is 6.42 Å². The molecule has 0 bridgehead atoms. The van der Waals surface area contributed by atoms with E-state index in [0.29, 0.717) is 18.2 Å². The standard InChI is InChI=1S/C13H12F3NO/c1-7(17)4-9-2-3-12(18-9)10-5-8(14)6-11(15)13(10)16/h2-3,5-7H,4,17H2,1H3. The van der Waals surface area contributed by atoms with Crippen molar-refractivity contribution < 1.29 is 17.6 Å². The lowest BCUT2D eigenvalue weighted by Crippen LogP contribution is -2.17. The van der Waals surface area contributed by atoms with Crippen molar-refractivity contribution in [2.75, 3.05) is 0 Å². The van der Waals surface area contributed by atoms with Gasteiger partial charge in [-0.25, -0.2) is 13.2 Å². The van der Waals surface area contributed by atoms with Crippen molar-refractivity contribution in [3.63, 3.8) is 0 Å². The van der Waals surface area contributed by atoms with Crippen molar-refractivity contribution in [1.29, 1.82) is 0 Å². The van der Waals surface area contributed by atoms with E-state index in [1.165, 1.54) is 6.07 Å². The second-order valence-electron chi connectivity index (χ2n) is 4.20. The number of nitrogens with two attached hydrogens (primary N) is 1. The first-order valence-electron chi connectivity index (χ1n) is 5.46. The van der Waals surface area contributed by atoms with Crippen LogP contribution in [0, 0.1) is 17.5 Å². The fourth-order valence-corrected chi connectivity index (χ4v) is 1.68. The van der Waals surface area contributed by atoms with E-state index in [2.05, 4.69) is 0 Å². The molecule has 0 spiro atoms. The molecule has 18 heavy (non-hydrogen) atoms. The molecule has 2 rings (SSSR count). The van der Waals surface area contributed by atoms with E-state index in [1.807, 2.05) is 0 Å². The van der Waals surface area contributed by atoms with Gasteiger partial charge in [0.15, 0.2) is 11.6 Å². The van der Waals surface area contributed by atoms with Crippen LogP contribution in [-0.4, -0.2) is 6.04 Å². The maximum Gasteiger partial charge on any atom is 0.169 e. The molecule has 0 amide bonds. The Kier molecular flexibility index (Phi) is 3.43. The molecule has 1 aromatic carbocycles. The van der Waals surface area contributed by atoms with E-state index >= 15 is 0 Å². The highest BCUT2D eigenvalue weighted by Gasteiger charge is 2.16. The second kappa shape index (κ2) is 4.86. The third kappa shape index (κ3) is 2.56. The molecule has 5 heteroatoms. The fourth-order valence-electron chi connectivity index (χ4n) is 1.68. The Labute approximate surface area is 102 Å². The highest BCUT2D eigenvalue weighted by molar-refractivity contribution is 5.58. The van der Waals surface area contributed by atoms with E-state index < -0.39 is 17.5 Å². The minimum atomic E-state index is -1.24. The minimum absolute atomic E-state index is 0.0848. The molecule has 1 atom stereocenters. The quantitative estimate of drug-likeness (QED) is 0.855. The summed E-state index contributed by atoms with van der Waals surface area (Å²) in [6.45, 7) is 1.80. The van der Waals surface area contributed by atoms with E-state index in [-0.39, 0.29) is 17.4 Å². The largest absolute Gasteiger partial charge is 0.461 e. The Morgan fingerprint density at radius 1 is 1.22 bits per heavy atom. The Morgan fingerprint density at radius 2 is 1.94 bits per heavy atom. The summed E-state index contributed by atoms with van der Waals surface area (Å²) in [4.78, 5) is 0. The van der Waals surface area contributed by atoms with Crippen LogP contribution < -0.4 is 5.73 Å². The minimum Gasteiger partial charge on any atom is -0.461 e. The van der Waals surface area contributed by atoms with Gasteiger partial charge in [-0.05, 0) is 25.1 Å². The van der Waals surface area contributed by atoms with E-state index in [0.717, 1.165) is 6.07 Å². The molecule has 2 aromatic rings. The van der Waals surface area contributed by atoms with Crippen LogP contribution in [0.4, 0.5) is 13.2 Å². The number of halogens is 3. The summed E-state index contributed by atoms with van der Waals surface area (Å²) < 4.78 is 44.9. The Bertz CT molecular complexity index is 563. The molecule has 0 saturated carbocycles. The lowest BCUT2D eigenvalue weighted by atomic mass is 10.1. The third-order valence-electron chi connectivity index (χ3n) is 2.44. The SMILES string of the molecule is CC(N)Cc1ccc(-c2cc(F)cc(F)c2F)o1. The average molecular weight is 255 g/mol. The van der Waals surface area contributed by atoms with Gasteiger partial charge in [0, 0.05) is 18.5 Å². The number of benzene rings is 1. The van der Waals surface area contributed by atoms with Gasteiger partial charge in [-0.1, -0.05) is 0 Å². The maximum absolute atomic E-state index is 13.5. The Balaban J connectivity index is 2.40. The monoisotopic (exact) mass is 255 g/mol. The number of rotatable bonds is 3. The van der Waals surface area contributed by atoms with E-state index in [4.69, 9.17) is 10.2 Å². The zero-order valence-electron chi connectivity index (χ0n) is 9.71. The summed E-state index contributed by atoms with van der Waals surface area (Å²) in [5, 5.41) is 0. The molecule has 2 nitrogen and oxygen atoms in total. The maximum atomic E-state index is 13.5. The van der Waals surface area contributed by atoms with Crippen molar-refractivity contribution in [2.24, 2.45) is 5.73 Å². The van der Waals surface area contributed by atoms with Crippen LogP contribution in [0.25, 0.3) is 11.3 Å². The van der Waals surface area contributed by atoms with Gasteiger partial charge in [0.05, 0.1) is 5.56 Å². The Morgan fingerprint density at radius 3 is 2.61 bits per heavy atom. The molecule has 0 aliphatic carbocycles. The van der Waals surface area contributed by atoms with Crippen molar-refractivity contribution in [1.82, 2.24) is 0 Å². The van der Waals surface area contributed by atoms with Crippen molar-refractivity contribution in [3.8, 4) is 11.3 Å². The highest BCUT2D eigenvalue weighted by Crippen LogP contribution is 2.27. The molecule has 0 fully saturated rings. The van der Waals surface area contributed by atoms with Crippen LogP contribution in [0.3, 0.4) is 0 Å². The highest BCUT2D eigenvalue weighted by atomic mass is 19.2. The normalized spacial score (nSPS) is 12.7. The predicted octanol–water partition coefficient (Wildman–Crippen LogP) is 3.25. The zero-order chi connectivity index (χ0) is 13.3. The van der Waals surface area contributed by atoms with Crippen molar-refractivity contribution in [3.05, 3.63) is 47.5 Å². The number of furan rings is 1. The molecule has 1 heterocycles.